The van der Waals surface area contributed by atoms with Crippen LogP contribution in [0.15, 0.2) is 29.2 Å². The van der Waals surface area contributed by atoms with Gasteiger partial charge in [-0.15, -0.1) is 0 Å². The van der Waals surface area contributed by atoms with Crippen LogP contribution in [0.5, 0.6) is 5.75 Å². The van der Waals surface area contributed by atoms with E-state index in [-0.39, 0.29) is 4.90 Å². The first kappa shape index (κ1) is 19.4. The summed E-state index contributed by atoms with van der Waals surface area (Å²) in [6.07, 6.45) is 0. The molecule has 0 radical (unpaired) electrons. The molecular weight excluding hydrogens is 326 g/mol. The van der Waals surface area contributed by atoms with Gasteiger partial charge in [0.25, 0.3) is 0 Å². The summed E-state index contributed by atoms with van der Waals surface area (Å²) in [5, 5.41) is 18.3. The molecule has 130 valence electrons. The number of carboxylic acids is 1. The fourth-order valence-corrected chi connectivity index (χ4v) is 2.60. The highest BCUT2D eigenvalue weighted by atomic mass is 32.2. The van der Waals surface area contributed by atoms with Crippen LogP contribution in [0.4, 0.5) is 0 Å². The lowest BCUT2D eigenvalue weighted by atomic mass is 10.1. The molecule has 0 aliphatic carbocycles. The number of rotatable bonds is 10. The number of hydrogen-bond acceptors (Lipinski definition) is 6. The predicted octanol–water partition coefficient (Wildman–Crippen LogP) is 0.216. The second kappa shape index (κ2) is 8.25. The van der Waals surface area contributed by atoms with Crippen LogP contribution >= 0.6 is 0 Å². The minimum absolute atomic E-state index is 0.0594. The number of aliphatic hydroxyl groups is 1. The van der Waals surface area contributed by atoms with Gasteiger partial charge < -0.3 is 19.7 Å². The summed E-state index contributed by atoms with van der Waals surface area (Å²) >= 11 is 0. The van der Waals surface area contributed by atoms with Gasteiger partial charge in [0.2, 0.25) is 10.0 Å². The molecule has 8 nitrogen and oxygen atoms in total. The van der Waals surface area contributed by atoms with E-state index < -0.39 is 28.1 Å². The Hall–Kier alpha value is -1.68. The minimum atomic E-state index is -3.93. The summed E-state index contributed by atoms with van der Waals surface area (Å²) in [7, 11) is -3.93. The Balaban J connectivity index is 2.65. The molecule has 1 rings (SSSR count). The number of nitrogens with one attached hydrogen (secondary N) is 1. The van der Waals surface area contributed by atoms with Gasteiger partial charge in [0.15, 0.2) is 5.60 Å². The Kier molecular flexibility index (Phi) is 6.95. The van der Waals surface area contributed by atoms with Crippen molar-refractivity contribution in [1.82, 2.24) is 4.72 Å². The number of sulfonamides is 1. The van der Waals surface area contributed by atoms with E-state index in [0.717, 1.165) is 6.92 Å². The zero-order valence-electron chi connectivity index (χ0n) is 13.0. The van der Waals surface area contributed by atoms with Crippen LogP contribution in [0.2, 0.25) is 0 Å². The van der Waals surface area contributed by atoms with Crippen LogP contribution in [0, 0.1) is 0 Å². The van der Waals surface area contributed by atoms with Crippen LogP contribution in [-0.4, -0.2) is 56.6 Å². The first-order valence-electron chi connectivity index (χ1n) is 6.95. The maximum absolute atomic E-state index is 12.0. The molecule has 0 spiro atoms. The Bertz CT molecular complexity index is 611. The Labute approximate surface area is 135 Å². The number of benzene rings is 1. The van der Waals surface area contributed by atoms with Crippen molar-refractivity contribution in [2.24, 2.45) is 0 Å². The van der Waals surface area contributed by atoms with Gasteiger partial charge in [0.1, 0.15) is 12.4 Å². The van der Waals surface area contributed by atoms with Crippen LogP contribution in [0.3, 0.4) is 0 Å². The van der Waals surface area contributed by atoms with E-state index in [1.807, 2.05) is 6.92 Å². The normalized spacial score (nSPS) is 14.2. The van der Waals surface area contributed by atoms with Crippen molar-refractivity contribution in [3.63, 3.8) is 0 Å². The van der Waals surface area contributed by atoms with Crippen molar-refractivity contribution in [3.8, 4) is 5.75 Å². The molecule has 0 aliphatic heterocycles. The number of ether oxygens (including phenoxy) is 2. The number of aliphatic carboxylic acids is 1. The topological polar surface area (TPSA) is 122 Å². The molecule has 0 amide bonds. The van der Waals surface area contributed by atoms with E-state index in [1.54, 1.807) is 0 Å². The van der Waals surface area contributed by atoms with Crippen molar-refractivity contribution < 1.29 is 32.9 Å². The van der Waals surface area contributed by atoms with Crippen molar-refractivity contribution in [3.05, 3.63) is 24.3 Å². The van der Waals surface area contributed by atoms with Gasteiger partial charge in [0, 0.05) is 6.61 Å². The Morgan fingerprint density at radius 1 is 1.26 bits per heavy atom. The van der Waals surface area contributed by atoms with Crippen LogP contribution in [0.1, 0.15) is 13.8 Å². The molecule has 1 aromatic carbocycles. The van der Waals surface area contributed by atoms with Gasteiger partial charge in [-0.3, -0.25) is 0 Å². The minimum Gasteiger partial charge on any atom is -0.491 e. The average molecular weight is 347 g/mol. The maximum atomic E-state index is 12.0. The molecule has 1 unspecified atom stereocenters. The molecular formula is C14H21NO7S. The lowest BCUT2D eigenvalue weighted by Gasteiger charge is -2.18. The molecule has 0 fully saturated rings. The Morgan fingerprint density at radius 2 is 1.87 bits per heavy atom. The Morgan fingerprint density at radius 3 is 2.39 bits per heavy atom. The third-order valence-electron chi connectivity index (χ3n) is 2.90. The highest BCUT2D eigenvalue weighted by Gasteiger charge is 2.31. The lowest BCUT2D eigenvalue weighted by Crippen LogP contribution is -2.46. The summed E-state index contributed by atoms with van der Waals surface area (Å²) in [6.45, 7) is 3.60. The van der Waals surface area contributed by atoms with Crippen molar-refractivity contribution in [2.75, 3.05) is 26.4 Å². The molecule has 0 heterocycles. The maximum Gasteiger partial charge on any atom is 0.336 e. The van der Waals surface area contributed by atoms with Crippen LogP contribution < -0.4 is 9.46 Å². The molecule has 0 bridgehead atoms. The third kappa shape index (κ3) is 6.14. The SMILES string of the molecule is CCOCCOc1ccc(S(=O)(=O)NCC(C)(O)C(=O)O)cc1. The molecule has 9 heteroatoms. The summed E-state index contributed by atoms with van der Waals surface area (Å²) in [5.41, 5.74) is -2.19. The van der Waals surface area contributed by atoms with Crippen LogP contribution in [0.25, 0.3) is 0 Å². The van der Waals surface area contributed by atoms with E-state index >= 15 is 0 Å². The van der Waals surface area contributed by atoms with Gasteiger partial charge in [-0.1, -0.05) is 0 Å². The second-order valence-corrected chi connectivity index (χ2v) is 6.69. The number of hydrogen-bond donors (Lipinski definition) is 3. The standard InChI is InChI=1S/C14H21NO7S/c1-3-21-8-9-22-11-4-6-12(7-5-11)23(19,20)15-10-14(2,18)13(16)17/h4-7,15,18H,3,8-10H2,1-2H3,(H,16,17). The predicted molar refractivity (Wildman–Crippen MR) is 81.9 cm³/mol. The van der Waals surface area contributed by atoms with Gasteiger partial charge in [-0.05, 0) is 38.1 Å². The van der Waals surface area contributed by atoms with Crippen molar-refractivity contribution in [1.29, 1.82) is 0 Å². The summed E-state index contributed by atoms with van der Waals surface area (Å²) in [4.78, 5) is 10.7. The van der Waals surface area contributed by atoms with E-state index in [1.165, 1.54) is 24.3 Å². The van der Waals surface area contributed by atoms with Gasteiger partial charge in [-0.2, -0.15) is 0 Å². The third-order valence-corrected chi connectivity index (χ3v) is 4.32. The van der Waals surface area contributed by atoms with E-state index in [9.17, 15) is 18.3 Å². The molecule has 0 saturated carbocycles. The fraction of sp³-hybridized carbons (Fsp3) is 0.500. The van der Waals surface area contributed by atoms with Crippen molar-refractivity contribution in [2.45, 2.75) is 24.3 Å². The molecule has 0 aromatic heterocycles. The molecule has 0 aliphatic rings. The van der Waals surface area contributed by atoms with Crippen molar-refractivity contribution >= 4 is 16.0 Å². The largest absolute Gasteiger partial charge is 0.491 e. The summed E-state index contributed by atoms with van der Waals surface area (Å²) in [6, 6.07) is 5.62. The molecule has 23 heavy (non-hydrogen) atoms. The number of carbonyl (C=O) groups is 1. The van der Waals surface area contributed by atoms with E-state index in [4.69, 9.17) is 14.6 Å². The first-order valence-corrected chi connectivity index (χ1v) is 8.43. The highest BCUT2D eigenvalue weighted by molar-refractivity contribution is 7.89. The van der Waals surface area contributed by atoms with E-state index in [2.05, 4.69) is 4.72 Å². The van der Waals surface area contributed by atoms with Gasteiger partial charge in [-0.25, -0.2) is 17.9 Å². The molecule has 1 atom stereocenters. The quantitative estimate of drug-likeness (QED) is 0.517. The van der Waals surface area contributed by atoms with Gasteiger partial charge >= 0.3 is 5.97 Å². The van der Waals surface area contributed by atoms with Gasteiger partial charge in [0.05, 0.1) is 18.0 Å². The average Bonchev–Trinajstić information content (AvgIpc) is 2.50. The summed E-state index contributed by atoms with van der Waals surface area (Å²) in [5.74, 6) is -1.03. The summed E-state index contributed by atoms with van der Waals surface area (Å²) < 4.78 is 36.6. The monoisotopic (exact) mass is 347 g/mol. The first-order chi connectivity index (χ1) is 10.7. The van der Waals surface area contributed by atoms with Crippen LogP contribution in [-0.2, 0) is 19.6 Å². The molecule has 3 N–H and O–H groups in total. The van der Waals surface area contributed by atoms with E-state index in [0.29, 0.717) is 25.6 Å². The fourth-order valence-electron chi connectivity index (χ4n) is 1.47. The zero-order valence-corrected chi connectivity index (χ0v) is 13.8. The highest BCUT2D eigenvalue weighted by Crippen LogP contribution is 2.16. The zero-order chi connectivity index (χ0) is 17.5. The smallest absolute Gasteiger partial charge is 0.336 e. The molecule has 1 aromatic rings. The lowest BCUT2D eigenvalue weighted by molar-refractivity contribution is -0.155. The molecule has 0 saturated heterocycles. The number of carboxylic acid groups (broad SMARTS) is 1. The second-order valence-electron chi connectivity index (χ2n) is 4.92.